The van der Waals surface area contributed by atoms with Crippen LogP contribution in [0.25, 0.3) is 5.82 Å². The van der Waals surface area contributed by atoms with E-state index in [4.69, 9.17) is 5.73 Å². The maximum atomic E-state index is 6.11. The lowest BCUT2D eigenvalue weighted by molar-refractivity contribution is 0.768. The van der Waals surface area contributed by atoms with Crippen LogP contribution in [0.4, 0.5) is 5.69 Å². The second-order valence-corrected chi connectivity index (χ2v) is 5.65. The molecule has 0 unspecified atom stereocenters. The van der Waals surface area contributed by atoms with Crippen molar-refractivity contribution >= 4 is 37.5 Å². The third-order valence-corrected chi connectivity index (χ3v) is 3.77. The molecule has 2 N–H and O–H groups in total. The Morgan fingerprint density at radius 1 is 1.28 bits per heavy atom. The average molecular weight is 374 g/mol. The fraction of sp³-hybridized carbons (Fsp3) is 0.333. The van der Waals surface area contributed by atoms with Gasteiger partial charge >= 0.3 is 0 Å². The first-order valence-corrected chi connectivity index (χ1v) is 7.34. The number of nitrogens with zero attached hydrogens (tertiary/aromatic N) is 3. The van der Waals surface area contributed by atoms with Gasteiger partial charge in [0.1, 0.15) is 0 Å². The number of hydrogen-bond acceptors (Lipinski definition) is 3. The molecule has 0 aliphatic heterocycles. The van der Waals surface area contributed by atoms with Crippen molar-refractivity contribution in [3.8, 4) is 5.82 Å². The zero-order valence-electron chi connectivity index (χ0n) is 10.2. The minimum Gasteiger partial charge on any atom is -0.396 e. The Morgan fingerprint density at radius 3 is 2.56 bits per heavy atom. The highest BCUT2D eigenvalue weighted by Crippen LogP contribution is 2.27. The van der Waals surface area contributed by atoms with Gasteiger partial charge in [-0.15, -0.1) is 0 Å². The maximum absolute atomic E-state index is 6.11. The summed E-state index contributed by atoms with van der Waals surface area (Å²) < 4.78 is 3.63. The molecule has 0 bridgehead atoms. The molecule has 0 aliphatic carbocycles. The Kier molecular flexibility index (Phi) is 4.07. The molecular weight excluding hydrogens is 360 g/mol. The van der Waals surface area contributed by atoms with E-state index in [1.54, 1.807) is 6.20 Å². The van der Waals surface area contributed by atoms with E-state index < -0.39 is 0 Å². The van der Waals surface area contributed by atoms with Crippen molar-refractivity contribution in [2.24, 2.45) is 0 Å². The Balaban J connectivity index is 2.63. The van der Waals surface area contributed by atoms with Crippen molar-refractivity contribution in [2.45, 2.75) is 26.7 Å². The number of rotatable bonds is 3. The summed E-state index contributed by atoms with van der Waals surface area (Å²) in [6.07, 6.45) is 3.39. The number of aryl methyl sites for hydroxylation is 1. The van der Waals surface area contributed by atoms with Crippen LogP contribution in [0, 0.1) is 0 Å². The van der Waals surface area contributed by atoms with Gasteiger partial charge in [-0.25, -0.2) is 9.67 Å². The fourth-order valence-corrected chi connectivity index (χ4v) is 3.01. The number of anilines is 1. The number of aromatic nitrogens is 3. The normalized spacial score (nSPS) is 10.9. The van der Waals surface area contributed by atoms with Gasteiger partial charge in [0.2, 0.25) is 0 Å². The molecule has 2 rings (SSSR count). The highest BCUT2D eigenvalue weighted by molar-refractivity contribution is 9.11. The lowest BCUT2D eigenvalue weighted by Crippen LogP contribution is -2.05. The summed E-state index contributed by atoms with van der Waals surface area (Å²) in [5.41, 5.74) is 8.80. The van der Waals surface area contributed by atoms with Crippen LogP contribution in [0.15, 0.2) is 21.2 Å². The van der Waals surface area contributed by atoms with Gasteiger partial charge in [-0.05, 0) is 50.8 Å². The summed E-state index contributed by atoms with van der Waals surface area (Å²) in [6, 6.07) is 1.95. The zero-order chi connectivity index (χ0) is 13.3. The van der Waals surface area contributed by atoms with Crippen LogP contribution in [0.5, 0.6) is 0 Å². The molecule has 0 spiro atoms. The standard InChI is InChI=1S/C12H14Br2N4/c1-3-9-11(15)10(4-2)18(17-9)12-8(14)5-7(13)6-16-12/h5-6H,3-4,15H2,1-2H3. The van der Waals surface area contributed by atoms with Gasteiger partial charge in [0.25, 0.3) is 0 Å². The summed E-state index contributed by atoms with van der Waals surface area (Å²) in [7, 11) is 0. The summed E-state index contributed by atoms with van der Waals surface area (Å²) in [4.78, 5) is 4.40. The van der Waals surface area contributed by atoms with Crippen LogP contribution >= 0.6 is 31.9 Å². The van der Waals surface area contributed by atoms with Crippen LogP contribution in [-0.2, 0) is 12.8 Å². The lowest BCUT2D eigenvalue weighted by atomic mass is 10.2. The van der Waals surface area contributed by atoms with Gasteiger partial charge in [0.05, 0.1) is 21.5 Å². The molecule has 6 heteroatoms. The molecule has 0 saturated heterocycles. The number of nitrogens with two attached hydrogens (primary N) is 1. The lowest BCUT2D eigenvalue weighted by Gasteiger charge is -2.07. The fourth-order valence-electron chi connectivity index (χ4n) is 1.86. The first-order chi connectivity index (χ1) is 8.58. The third-order valence-electron chi connectivity index (χ3n) is 2.76. The highest BCUT2D eigenvalue weighted by atomic mass is 79.9. The molecule has 0 fully saturated rings. The first kappa shape index (κ1) is 13.5. The van der Waals surface area contributed by atoms with Crippen molar-refractivity contribution in [1.82, 2.24) is 14.8 Å². The summed E-state index contributed by atoms with van der Waals surface area (Å²) in [5, 5.41) is 4.54. The number of hydrogen-bond donors (Lipinski definition) is 1. The van der Waals surface area contributed by atoms with E-state index in [2.05, 4.69) is 48.9 Å². The molecule has 2 heterocycles. The molecule has 18 heavy (non-hydrogen) atoms. The van der Waals surface area contributed by atoms with Crippen molar-refractivity contribution < 1.29 is 0 Å². The molecule has 96 valence electrons. The van der Waals surface area contributed by atoms with Crippen LogP contribution in [0.1, 0.15) is 25.2 Å². The average Bonchev–Trinajstić information content (AvgIpc) is 2.65. The summed E-state index contributed by atoms with van der Waals surface area (Å²) >= 11 is 6.90. The summed E-state index contributed by atoms with van der Waals surface area (Å²) in [5.74, 6) is 0.765. The van der Waals surface area contributed by atoms with Gasteiger partial charge in [0, 0.05) is 10.7 Å². The van der Waals surface area contributed by atoms with E-state index in [-0.39, 0.29) is 0 Å². The number of pyridine rings is 1. The largest absolute Gasteiger partial charge is 0.396 e. The molecular formula is C12H14Br2N4. The van der Waals surface area contributed by atoms with Gasteiger partial charge < -0.3 is 5.73 Å². The van der Waals surface area contributed by atoms with E-state index in [0.29, 0.717) is 0 Å². The summed E-state index contributed by atoms with van der Waals surface area (Å²) in [6.45, 7) is 4.11. The van der Waals surface area contributed by atoms with E-state index in [1.807, 2.05) is 17.7 Å². The van der Waals surface area contributed by atoms with Crippen molar-refractivity contribution in [1.29, 1.82) is 0 Å². The molecule has 0 radical (unpaired) electrons. The van der Waals surface area contributed by atoms with Crippen molar-refractivity contribution in [3.05, 3.63) is 32.6 Å². The maximum Gasteiger partial charge on any atom is 0.168 e. The van der Waals surface area contributed by atoms with Crippen molar-refractivity contribution in [3.63, 3.8) is 0 Å². The van der Waals surface area contributed by atoms with Gasteiger partial charge in [-0.2, -0.15) is 5.10 Å². The highest BCUT2D eigenvalue weighted by Gasteiger charge is 2.16. The quantitative estimate of drug-likeness (QED) is 0.895. The van der Waals surface area contributed by atoms with E-state index in [9.17, 15) is 0 Å². The minimum atomic E-state index is 0.765. The van der Waals surface area contributed by atoms with Gasteiger partial charge in [0.15, 0.2) is 5.82 Å². The predicted molar refractivity (Wildman–Crippen MR) is 79.9 cm³/mol. The van der Waals surface area contributed by atoms with E-state index >= 15 is 0 Å². The second kappa shape index (κ2) is 5.40. The Hall–Kier alpha value is -0.880. The molecule has 0 aromatic carbocycles. The van der Waals surface area contributed by atoms with Crippen LogP contribution < -0.4 is 5.73 Å². The zero-order valence-corrected chi connectivity index (χ0v) is 13.4. The van der Waals surface area contributed by atoms with Gasteiger partial charge in [-0.3, -0.25) is 0 Å². The molecule has 2 aromatic heterocycles. The van der Waals surface area contributed by atoms with E-state index in [0.717, 1.165) is 44.7 Å². The van der Waals surface area contributed by atoms with Crippen LogP contribution in [0.3, 0.4) is 0 Å². The first-order valence-electron chi connectivity index (χ1n) is 5.76. The van der Waals surface area contributed by atoms with E-state index in [1.165, 1.54) is 0 Å². The molecule has 0 amide bonds. The minimum absolute atomic E-state index is 0.765. The smallest absolute Gasteiger partial charge is 0.168 e. The predicted octanol–water partition coefficient (Wildman–Crippen LogP) is 3.50. The third kappa shape index (κ3) is 2.31. The molecule has 0 saturated carbocycles. The van der Waals surface area contributed by atoms with Crippen LogP contribution in [0.2, 0.25) is 0 Å². The molecule has 4 nitrogen and oxygen atoms in total. The second-order valence-electron chi connectivity index (χ2n) is 3.88. The molecule has 0 atom stereocenters. The Morgan fingerprint density at radius 2 is 2.00 bits per heavy atom. The number of halogens is 2. The topological polar surface area (TPSA) is 56.7 Å². The van der Waals surface area contributed by atoms with Crippen LogP contribution in [-0.4, -0.2) is 14.8 Å². The van der Waals surface area contributed by atoms with Gasteiger partial charge in [-0.1, -0.05) is 13.8 Å². The molecule has 0 aliphatic rings. The Labute approximate surface area is 123 Å². The van der Waals surface area contributed by atoms with Crippen molar-refractivity contribution in [2.75, 3.05) is 5.73 Å². The Bertz CT molecular complexity index is 578. The SMILES string of the molecule is CCc1nn(-c2ncc(Br)cc2Br)c(CC)c1N. The monoisotopic (exact) mass is 372 g/mol. The number of nitrogen functional groups attached to an aromatic ring is 1. The molecule has 2 aromatic rings.